The number of carbonyl (C=O) groups is 1. The van der Waals surface area contributed by atoms with Gasteiger partial charge in [0.2, 0.25) is 0 Å². The molecule has 0 aliphatic rings. The maximum absolute atomic E-state index is 11.4. The molecular formula is C12H24O4S. The smallest absolute Gasteiger partial charge is 0.316 e. The number of esters is 1. The lowest BCUT2D eigenvalue weighted by Crippen LogP contribution is -2.26. The van der Waals surface area contributed by atoms with E-state index in [1.54, 1.807) is 0 Å². The van der Waals surface area contributed by atoms with E-state index in [9.17, 15) is 9.90 Å². The molecule has 1 unspecified atom stereocenters. The molecule has 0 aliphatic carbocycles. The molecule has 0 aromatic heterocycles. The van der Waals surface area contributed by atoms with Gasteiger partial charge in [-0.25, -0.2) is 0 Å². The fraction of sp³-hybridized carbons (Fsp3) is 0.917. The van der Waals surface area contributed by atoms with Crippen molar-refractivity contribution >= 4 is 17.7 Å². The molecule has 102 valence electrons. The molecule has 0 bridgehead atoms. The summed E-state index contributed by atoms with van der Waals surface area (Å²) in [5.41, 5.74) is -0.447. The Labute approximate surface area is 108 Å². The molecule has 0 saturated carbocycles. The Morgan fingerprint density at radius 2 is 1.94 bits per heavy atom. The van der Waals surface area contributed by atoms with Crippen molar-refractivity contribution in [3.05, 3.63) is 0 Å². The molecule has 0 aromatic carbocycles. The van der Waals surface area contributed by atoms with Crippen LogP contribution in [-0.2, 0) is 14.3 Å². The van der Waals surface area contributed by atoms with Crippen LogP contribution in [0.15, 0.2) is 0 Å². The Morgan fingerprint density at radius 1 is 1.35 bits per heavy atom. The summed E-state index contributed by atoms with van der Waals surface area (Å²) in [6, 6.07) is 0. The van der Waals surface area contributed by atoms with Crippen LogP contribution in [0.4, 0.5) is 0 Å². The number of aliphatic hydroxyl groups excluding tert-OH is 1. The second kappa shape index (κ2) is 7.95. The van der Waals surface area contributed by atoms with Gasteiger partial charge in [-0.3, -0.25) is 4.79 Å². The summed E-state index contributed by atoms with van der Waals surface area (Å²) >= 11 is 1.36. The average Bonchev–Trinajstić information content (AvgIpc) is 2.11. The Bertz CT molecular complexity index is 223. The van der Waals surface area contributed by atoms with Gasteiger partial charge in [0.05, 0.1) is 24.6 Å². The first-order valence-electron chi connectivity index (χ1n) is 5.80. The Balaban J connectivity index is 3.59. The maximum atomic E-state index is 11.4. The molecular weight excluding hydrogens is 240 g/mol. The average molecular weight is 264 g/mol. The third-order valence-corrected chi connectivity index (χ3v) is 2.63. The first-order chi connectivity index (χ1) is 7.70. The van der Waals surface area contributed by atoms with E-state index in [4.69, 9.17) is 9.47 Å². The number of thioether (sulfide) groups is 1. The van der Waals surface area contributed by atoms with Crippen LogP contribution in [0.1, 0.15) is 34.6 Å². The first kappa shape index (κ1) is 16.7. The number of ether oxygens (including phenoxy) is 2. The number of hydrogen-bond acceptors (Lipinski definition) is 5. The van der Waals surface area contributed by atoms with Crippen molar-refractivity contribution in [2.45, 2.75) is 52.4 Å². The Kier molecular flexibility index (Phi) is 7.83. The summed E-state index contributed by atoms with van der Waals surface area (Å²) < 4.78 is 10.4. The molecule has 17 heavy (non-hydrogen) atoms. The fourth-order valence-electron chi connectivity index (χ4n) is 1.00. The first-order valence-corrected chi connectivity index (χ1v) is 6.95. The van der Waals surface area contributed by atoms with Gasteiger partial charge in [-0.2, -0.15) is 0 Å². The second-order valence-electron chi connectivity index (χ2n) is 5.14. The number of aliphatic hydroxyl groups is 1. The summed E-state index contributed by atoms with van der Waals surface area (Å²) in [6.07, 6.45) is -0.426. The van der Waals surface area contributed by atoms with E-state index in [-0.39, 0.29) is 17.8 Å². The lowest BCUT2D eigenvalue weighted by Gasteiger charge is -2.19. The SMILES string of the molecule is CC(C)OCC(O)CSCC(=O)OC(C)(C)C. The number of hydrogen-bond donors (Lipinski definition) is 1. The van der Waals surface area contributed by atoms with Crippen LogP contribution in [0.25, 0.3) is 0 Å². The van der Waals surface area contributed by atoms with Crippen LogP contribution in [0.3, 0.4) is 0 Å². The van der Waals surface area contributed by atoms with E-state index in [2.05, 4.69) is 0 Å². The van der Waals surface area contributed by atoms with Crippen molar-refractivity contribution in [3.8, 4) is 0 Å². The summed E-state index contributed by atoms with van der Waals surface area (Å²) in [5.74, 6) is 0.488. The molecule has 1 N–H and O–H groups in total. The van der Waals surface area contributed by atoms with Gasteiger partial charge >= 0.3 is 5.97 Å². The summed E-state index contributed by atoms with van der Waals surface area (Å²) in [5, 5.41) is 9.55. The van der Waals surface area contributed by atoms with Gasteiger partial charge in [0.15, 0.2) is 0 Å². The molecule has 0 rings (SSSR count). The summed E-state index contributed by atoms with van der Waals surface area (Å²) in [7, 11) is 0. The van der Waals surface area contributed by atoms with Crippen LogP contribution >= 0.6 is 11.8 Å². The lowest BCUT2D eigenvalue weighted by atomic mass is 10.2. The Morgan fingerprint density at radius 3 is 2.41 bits per heavy atom. The second-order valence-corrected chi connectivity index (χ2v) is 6.17. The zero-order chi connectivity index (χ0) is 13.5. The molecule has 0 aliphatic heterocycles. The highest BCUT2D eigenvalue weighted by atomic mass is 32.2. The lowest BCUT2D eigenvalue weighted by molar-refractivity contribution is -0.151. The minimum absolute atomic E-state index is 0.112. The van der Waals surface area contributed by atoms with E-state index in [1.165, 1.54) is 11.8 Å². The summed E-state index contributed by atoms with van der Waals surface area (Å²) in [4.78, 5) is 11.4. The van der Waals surface area contributed by atoms with Gasteiger partial charge in [0.25, 0.3) is 0 Å². The molecule has 0 aromatic rings. The van der Waals surface area contributed by atoms with Crippen LogP contribution in [0, 0.1) is 0 Å². The third kappa shape index (κ3) is 12.0. The number of carbonyl (C=O) groups excluding carboxylic acids is 1. The van der Waals surface area contributed by atoms with Gasteiger partial charge in [-0.15, -0.1) is 11.8 Å². The molecule has 5 heteroatoms. The predicted molar refractivity (Wildman–Crippen MR) is 70.3 cm³/mol. The molecule has 0 saturated heterocycles. The van der Waals surface area contributed by atoms with E-state index < -0.39 is 11.7 Å². The summed E-state index contributed by atoms with van der Waals surface area (Å²) in [6.45, 7) is 9.64. The minimum Gasteiger partial charge on any atom is -0.459 e. The van der Waals surface area contributed by atoms with E-state index in [0.29, 0.717) is 12.4 Å². The molecule has 1 atom stereocenters. The monoisotopic (exact) mass is 264 g/mol. The Hall–Kier alpha value is -0.260. The molecule has 4 nitrogen and oxygen atoms in total. The topological polar surface area (TPSA) is 55.8 Å². The van der Waals surface area contributed by atoms with Gasteiger partial charge < -0.3 is 14.6 Å². The van der Waals surface area contributed by atoms with Gasteiger partial charge in [0.1, 0.15) is 5.60 Å². The molecule has 0 spiro atoms. The van der Waals surface area contributed by atoms with Gasteiger partial charge in [-0.1, -0.05) is 0 Å². The largest absolute Gasteiger partial charge is 0.459 e. The molecule has 0 amide bonds. The zero-order valence-corrected chi connectivity index (χ0v) is 12.2. The van der Waals surface area contributed by atoms with Crippen molar-refractivity contribution < 1.29 is 19.4 Å². The highest BCUT2D eigenvalue weighted by molar-refractivity contribution is 7.99. The normalized spacial score (nSPS) is 13.8. The van der Waals surface area contributed by atoms with Crippen molar-refractivity contribution in [2.24, 2.45) is 0 Å². The quantitative estimate of drug-likeness (QED) is 0.711. The maximum Gasteiger partial charge on any atom is 0.316 e. The van der Waals surface area contributed by atoms with Gasteiger partial charge in [-0.05, 0) is 34.6 Å². The van der Waals surface area contributed by atoms with E-state index in [1.807, 2.05) is 34.6 Å². The van der Waals surface area contributed by atoms with Crippen LogP contribution in [-0.4, -0.2) is 47.0 Å². The van der Waals surface area contributed by atoms with Gasteiger partial charge in [0, 0.05) is 5.75 Å². The van der Waals surface area contributed by atoms with Crippen LogP contribution in [0.5, 0.6) is 0 Å². The van der Waals surface area contributed by atoms with E-state index >= 15 is 0 Å². The highest BCUT2D eigenvalue weighted by Gasteiger charge is 2.16. The zero-order valence-electron chi connectivity index (χ0n) is 11.4. The number of rotatable bonds is 7. The molecule has 0 heterocycles. The van der Waals surface area contributed by atoms with E-state index in [0.717, 1.165) is 0 Å². The molecule has 0 fully saturated rings. The standard InChI is InChI=1S/C12H24O4S/c1-9(2)15-6-10(13)7-17-8-11(14)16-12(3,4)5/h9-10,13H,6-8H2,1-5H3. The molecule has 0 radical (unpaired) electrons. The highest BCUT2D eigenvalue weighted by Crippen LogP contribution is 2.11. The van der Waals surface area contributed by atoms with Crippen molar-refractivity contribution in [1.29, 1.82) is 0 Å². The minimum atomic E-state index is -0.537. The predicted octanol–water partition coefficient (Wildman–Crippen LogP) is 1.85. The van der Waals surface area contributed by atoms with Crippen molar-refractivity contribution in [2.75, 3.05) is 18.1 Å². The fourth-order valence-corrected chi connectivity index (χ4v) is 1.71. The van der Waals surface area contributed by atoms with Crippen LogP contribution < -0.4 is 0 Å². The third-order valence-electron chi connectivity index (χ3n) is 1.57. The van der Waals surface area contributed by atoms with Crippen molar-refractivity contribution in [3.63, 3.8) is 0 Å². The van der Waals surface area contributed by atoms with Crippen LogP contribution in [0.2, 0.25) is 0 Å². The van der Waals surface area contributed by atoms with Crippen molar-refractivity contribution in [1.82, 2.24) is 0 Å².